The molecular weight excluding hydrogens is 308 g/mol. The van der Waals surface area contributed by atoms with Gasteiger partial charge in [0.15, 0.2) is 0 Å². The highest BCUT2D eigenvalue weighted by molar-refractivity contribution is 5.74. The molecule has 1 heterocycles. The molecule has 1 saturated heterocycles. The zero-order valence-corrected chi connectivity index (χ0v) is 13.9. The van der Waals surface area contributed by atoms with Crippen LogP contribution in [0.1, 0.15) is 37.7 Å². The lowest BCUT2D eigenvalue weighted by Crippen LogP contribution is -2.47. The number of ether oxygens (including phenoxy) is 1. The zero-order chi connectivity index (χ0) is 17.2. The Kier molecular flexibility index (Phi) is 7.55. The maximum atomic E-state index is 12.3. The van der Waals surface area contributed by atoms with Gasteiger partial charge in [-0.05, 0) is 37.7 Å². The summed E-state index contributed by atoms with van der Waals surface area (Å²) in [5, 5.41) is 14.8. The van der Waals surface area contributed by atoms with Crippen LogP contribution in [0.5, 0.6) is 0 Å². The Morgan fingerprint density at radius 2 is 2.00 bits per heavy atom. The zero-order valence-electron chi connectivity index (χ0n) is 13.9. The van der Waals surface area contributed by atoms with Gasteiger partial charge in [0, 0.05) is 31.7 Å². The van der Waals surface area contributed by atoms with E-state index in [0.29, 0.717) is 19.4 Å². The summed E-state index contributed by atoms with van der Waals surface area (Å²) in [6, 6.07) is 9.46. The molecule has 2 rings (SSSR count). The van der Waals surface area contributed by atoms with E-state index in [2.05, 4.69) is 10.6 Å². The highest BCUT2D eigenvalue weighted by Crippen LogP contribution is 2.10. The van der Waals surface area contributed by atoms with E-state index in [0.717, 1.165) is 31.4 Å². The highest BCUT2D eigenvalue weighted by Gasteiger charge is 2.18. The summed E-state index contributed by atoms with van der Waals surface area (Å²) in [5.41, 5.74) is 1.08. The number of urea groups is 1. The molecule has 6 heteroatoms. The summed E-state index contributed by atoms with van der Waals surface area (Å²) in [5.74, 6) is -0.851. The van der Waals surface area contributed by atoms with Gasteiger partial charge in [0.1, 0.15) is 0 Å². The minimum absolute atomic E-state index is 0.0368. The summed E-state index contributed by atoms with van der Waals surface area (Å²) in [6.45, 7) is 1.41. The molecule has 24 heavy (non-hydrogen) atoms. The average Bonchev–Trinajstić information content (AvgIpc) is 2.82. The van der Waals surface area contributed by atoms with E-state index < -0.39 is 5.97 Å². The molecule has 1 aromatic carbocycles. The van der Waals surface area contributed by atoms with Crippen molar-refractivity contribution in [2.75, 3.05) is 13.2 Å². The van der Waals surface area contributed by atoms with Gasteiger partial charge in [-0.3, -0.25) is 4.79 Å². The molecule has 2 amide bonds. The molecule has 0 aromatic heterocycles. The van der Waals surface area contributed by atoms with Gasteiger partial charge in [0.05, 0.1) is 0 Å². The first-order valence-corrected chi connectivity index (χ1v) is 8.54. The van der Waals surface area contributed by atoms with Crippen molar-refractivity contribution < 1.29 is 19.4 Å². The molecule has 2 unspecified atom stereocenters. The molecule has 2 atom stereocenters. The van der Waals surface area contributed by atoms with Crippen LogP contribution >= 0.6 is 0 Å². The van der Waals surface area contributed by atoms with Crippen molar-refractivity contribution >= 4 is 12.0 Å². The molecule has 3 N–H and O–H groups in total. The fourth-order valence-electron chi connectivity index (χ4n) is 2.88. The topological polar surface area (TPSA) is 87.7 Å². The summed E-state index contributed by atoms with van der Waals surface area (Å²) in [6.07, 6.45) is 3.73. The molecule has 0 bridgehead atoms. The maximum absolute atomic E-state index is 12.3. The number of rotatable bonds is 7. The van der Waals surface area contributed by atoms with Crippen molar-refractivity contribution in [2.45, 2.75) is 50.6 Å². The number of amides is 2. The third kappa shape index (κ3) is 7.00. The third-order valence-corrected chi connectivity index (χ3v) is 4.15. The Bertz CT molecular complexity index is 513. The fourth-order valence-corrected chi connectivity index (χ4v) is 2.88. The lowest BCUT2D eigenvalue weighted by Gasteiger charge is -2.21. The van der Waals surface area contributed by atoms with Crippen LogP contribution in [0.3, 0.4) is 0 Å². The molecule has 1 aromatic rings. The van der Waals surface area contributed by atoms with Crippen molar-refractivity contribution in [3.8, 4) is 0 Å². The number of carboxylic acids is 1. The number of carboxylic acid groups (broad SMARTS) is 1. The minimum Gasteiger partial charge on any atom is -0.481 e. The Labute approximate surface area is 142 Å². The van der Waals surface area contributed by atoms with E-state index in [1.165, 1.54) is 0 Å². The summed E-state index contributed by atoms with van der Waals surface area (Å²) in [4.78, 5) is 23.1. The van der Waals surface area contributed by atoms with Gasteiger partial charge in [0.25, 0.3) is 0 Å². The number of carbonyl (C=O) groups is 2. The van der Waals surface area contributed by atoms with Gasteiger partial charge in [-0.15, -0.1) is 0 Å². The number of hydrogen-bond acceptors (Lipinski definition) is 3. The number of aliphatic carboxylic acids is 1. The van der Waals surface area contributed by atoms with Gasteiger partial charge in [0.2, 0.25) is 0 Å². The van der Waals surface area contributed by atoms with Crippen LogP contribution in [-0.4, -0.2) is 42.4 Å². The summed E-state index contributed by atoms with van der Waals surface area (Å²) in [7, 11) is 0. The Balaban J connectivity index is 1.87. The van der Waals surface area contributed by atoms with Crippen LogP contribution in [0.4, 0.5) is 4.79 Å². The second-order valence-corrected chi connectivity index (χ2v) is 6.18. The minimum atomic E-state index is -0.851. The van der Waals surface area contributed by atoms with Crippen molar-refractivity contribution in [1.82, 2.24) is 10.6 Å². The van der Waals surface area contributed by atoms with Crippen LogP contribution in [0.15, 0.2) is 30.3 Å². The van der Waals surface area contributed by atoms with Crippen LogP contribution < -0.4 is 10.6 Å². The third-order valence-electron chi connectivity index (χ3n) is 4.15. The smallest absolute Gasteiger partial charge is 0.315 e. The van der Waals surface area contributed by atoms with Gasteiger partial charge < -0.3 is 20.5 Å². The molecule has 0 saturated carbocycles. The van der Waals surface area contributed by atoms with Gasteiger partial charge >= 0.3 is 12.0 Å². The molecule has 0 aliphatic carbocycles. The predicted molar refractivity (Wildman–Crippen MR) is 90.9 cm³/mol. The lowest BCUT2D eigenvalue weighted by molar-refractivity contribution is -0.137. The van der Waals surface area contributed by atoms with Crippen LogP contribution in [-0.2, 0) is 16.0 Å². The fraction of sp³-hybridized carbons (Fsp3) is 0.556. The van der Waals surface area contributed by atoms with E-state index in [1.54, 1.807) is 0 Å². The molecule has 1 aliphatic heterocycles. The second kappa shape index (κ2) is 9.93. The number of nitrogens with one attached hydrogen (secondary N) is 2. The van der Waals surface area contributed by atoms with Gasteiger partial charge in [-0.25, -0.2) is 4.79 Å². The van der Waals surface area contributed by atoms with E-state index in [-0.39, 0.29) is 24.5 Å². The summed E-state index contributed by atoms with van der Waals surface area (Å²) >= 11 is 0. The standard InChI is InChI=1S/C18H26N2O4/c21-17(22)9-8-16(13-14-5-2-1-3-6-14)20-18(23)19-15-7-4-11-24-12-10-15/h1-3,5-6,15-16H,4,7-13H2,(H,21,22)(H2,19,20,23). The molecule has 6 nitrogen and oxygen atoms in total. The van der Waals surface area contributed by atoms with Crippen LogP contribution in [0.2, 0.25) is 0 Å². The number of carbonyl (C=O) groups excluding carboxylic acids is 1. The van der Waals surface area contributed by atoms with Crippen molar-refractivity contribution in [2.24, 2.45) is 0 Å². The first kappa shape index (κ1) is 18.3. The van der Waals surface area contributed by atoms with Crippen LogP contribution in [0, 0.1) is 0 Å². The molecule has 132 valence electrons. The Morgan fingerprint density at radius 3 is 2.75 bits per heavy atom. The number of benzene rings is 1. The van der Waals surface area contributed by atoms with Crippen molar-refractivity contribution in [3.05, 3.63) is 35.9 Å². The average molecular weight is 334 g/mol. The SMILES string of the molecule is O=C(O)CCC(Cc1ccccc1)NC(=O)NC1CCCOCC1. The molecule has 0 spiro atoms. The highest BCUT2D eigenvalue weighted by atomic mass is 16.5. The lowest BCUT2D eigenvalue weighted by atomic mass is 10.0. The summed E-state index contributed by atoms with van der Waals surface area (Å²) < 4.78 is 5.39. The first-order valence-electron chi connectivity index (χ1n) is 8.54. The predicted octanol–water partition coefficient (Wildman–Crippen LogP) is 2.33. The monoisotopic (exact) mass is 334 g/mol. The second-order valence-electron chi connectivity index (χ2n) is 6.18. The van der Waals surface area contributed by atoms with E-state index in [1.807, 2.05) is 30.3 Å². The van der Waals surface area contributed by atoms with Gasteiger partial charge in [-0.1, -0.05) is 30.3 Å². The Hall–Kier alpha value is -2.08. The van der Waals surface area contributed by atoms with Crippen LogP contribution in [0.25, 0.3) is 0 Å². The molecule has 1 fully saturated rings. The quantitative estimate of drug-likeness (QED) is 0.714. The maximum Gasteiger partial charge on any atom is 0.315 e. The first-order chi connectivity index (χ1) is 11.6. The van der Waals surface area contributed by atoms with E-state index in [4.69, 9.17) is 9.84 Å². The van der Waals surface area contributed by atoms with E-state index >= 15 is 0 Å². The molecular formula is C18H26N2O4. The molecule has 1 aliphatic rings. The number of hydrogen-bond donors (Lipinski definition) is 3. The molecule has 0 radical (unpaired) electrons. The normalized spacial score (nSPS) is 19.1. The largest absolute Gasteiger partial charge is 0.481 e. The van der Waals surface area contributed by atoms with Crippen molar-refractivity contribution in [3.63, 3.8) is 0 Å². The van der Waals surface area contributed by atoms with Crippen molar-refractivity contribution in [1.29, 1.82) is 0 Å². The Morgan fingerprint density at radius 1 is 1.21 bits per heavy atom. The van der Waals surface area contributed by atoms with E-state index in [9.17, 15) is 9.59 Å². The van der Waals surface area contributed by atoms with Gasteiger partial charge in [-0.2, -0.15) is 0 Å².